The van der Waals surface area contributed by atoms with Crippen molar-refractivity contribution >= 4 is 52.1 Å². The van der Waals surface area contributed by atoms with E-state index in [9.17, 15) is 9.59 Å². The molecule has 2 aromatic carbocycles. The zero-order chi connectivity index (χ0) is 28.3. The smallest absolute Gasteiger partial charge is 0.407 e. The minimum Gasteiger partial charge on any atom is -0.444 e. The number of aryl methyl sites for hydroxylation is 1. The van der Waals surface area contributed by atoms with Crippen molar-refractivity contribution in [3.63, 3.8) is 0 Å². The molecule has 208 valence electrons. The van der Waals surface area contributed by atoms with Crippen molar-refractivity contribution in [3.05, 3.63) is 81.2 Å². The average Bonchev–Trinajstić information content (AvgIpc) is 3.62. The zero-order valence-corrected chi connectivity index (χ0v) is 24.1. The van der Waals surface area contributed by atoms with Gasteiger partial charge in [0.2, 0.25) is 0 Å². The Balaban J connectivity index is 1.33. The number of ether oxygens (including phenoxy) is 1. The third-order valence-corrected chi connectivity index (χ3v) is 7.77. The predicted molar refractivity (Wildman–Crippen MR) is 162 cm³/mol. The van der Waals surface area contributed by atoms with Gasteiger partial charge < -0.3 is 15.4 Å². The van der Waals surface area contributed by atoms with E-state index in [1.165, 1.54) is 11.3 Å². The van der Waals surface area contributed by atoms with E-state index in [4.69, 9.17) is 4.74 Å². The standard InChI is InChI=1S/C31H35N5O3S/c1-20-14-16-40-28(20)29(37)33-27-17-21(18-36-15-13-23(19-36)32-30(38)39-31(2,3)4)9-10-22(27)11-12-26-24-7-5-6-8-25(24)34-35-26/h5-12,14,16-17,23H,13,15,18-19H2,1-4H3,(H,32,38)(H,33,37)(H,34,35). The Morgan fingerprint density at radius 2 is 2.00 bits per heavy atom. The summed E-state index contributed by atoms with van der Waals surface area (Å²) in [6.07, 6.45) is 4.43. The molecule has 2 aromatic heterocycles. The highest BCUT2D eigenvalue weighted by Gasteiger charge is 2.26. The van der Waals surface area contributed by atoms with Gasteiger partial charge in [0.05, 0.1) is 16.1 Å². The summed E-state index contributed by atoms with van der Waals surface area (Å²) in [5.41, 5.74) is 4.97. The number of H-pyrrole nitrogens is 1. The molecule has 0 spiro atoms. The van der Waals surface area contributed by atoms with Gasteiger partial charge in [0.25, 0.3) is 5.91 Å². The largest absolute Gasteiger partial charge is 0.444 e. The second-order valence-corrected chi connectivity index (χ2v) is 12.1. The number of hydrogen-bond donors (Lipinski definition) is 3. The first kappa shape index (κ1) is 27.6. The topological polar surface area (TPSA) is 99.3 Å². The molecular formula is C31H35N5O3S. The molecule has 1 aliphatic heterocycles. The van der Waals surface area contributed by atoms with Crippen molar-refractivity contribution in [2.45, 2.75) is 52.3 Å². The van der Waals surface area contributed by atoms with Crippen LogP contribution >= 0.6 is 11.3 Å². The average molecular weight is 558 g/mol. The number of thiophene rings is 1. The summed E-state index contributed by atoms with van der Waals surface area (Å²) < 4.78 is 5.41. The fraction of sp³-hybridized carbons (Fsp3) is 0.323. The van der Waals surface area contributed by atoms with Gasteiger partial charge >= 0.3 is 6.09 Å². The number of fused-ring (bicyclic) bond motifs is 1. The molecule has 4 aromatic rings. The summed E-state index contributed by atoms with van der Waals surface area (Å²) in [7, 11) is 0. The number of para-hydroxylation sites is 1. The molecule has 0 saturated carbocycles. The van der Waals surface area contributed by atoms with Crippen molar-refractivity contribution in [2.75, 3.05) is 18.4 Å². The number of aromatic amines is 1. The molecule has 3 heterocycles. The number of benzene rings is 2. The number of nitrogens with one attached hydrogen (secondary N) is 3. The Bertz CT molecular complexity index is 1550. The quantitative estimate of drug-likeness (QED) is 0.242. The Morgan fingerprint density at radius 3 is 2.77 bits per heavy atom. The van der Waals surface area contributed by atoms with Crippen LogP contribution in [0.4, 0.5) is 10.5 Å². The highest BCUT2D eigenvalue weighted by Crippen LogP contribution is 2.26. The van der Waals surface area contributed by atoms with E-state index in [0.717, 1.165) is 58.5 Å². The van der Waals surface area contributed by atoms with E-state index in [0.29, 0.717) is 11.4 Å². The lowest BCUT2D eigenvalue weighted by Crippen LogP contribution is -2.40. The molecule has 0 bridgehead atoms. The summed E-state index contributed by atoms with van der Waals surface area (Å²) in [4.78, 5) is 28.4. The zero-order valence-electron chi connectivity index (χ0n) is 23.3. The minimum absolute atomic E-state index is 0.0432. The van der Waals surface area contributed by atoms with Crippen LogP contribution in [-0.2, 0) is 11.3 Å². The van der Waals surface area contributed by atoms with Gasteiger partial charge in [0.1, 0.15) is 5.60 Å². The molecule has 0 radical (unpaired) electrons. The maximum absolute atomic E-state index is 13.2. The second-order valence-electron chi connectivity index (χ2n) is 11.2. The lowest BCUT2D eigenvalue weighted by molar-refractivity contribution is 0.0505. The fourth-order valence-corrected chi connectivity index (χ4v) is 5.67. The summed E-state index contributed by atoms with van der Waals surface area (Å²) in [5.74, 6) is -0.118. The van der Waals surface area contributed by atoms with E-state index in [1.54, 1.807) is 0 Å². The number of alkyl carbamates (subject to hydrolysis) is 1. The molecule has 40 heavy (non-hydrogen) atoms. The van der Waals surface area contributed by atoms with E-state index in [2.05, 4.69) is 31.8 Å². The Labute approximate surface area is 238 Å². The van der Waals surface area contributed by atoms with Crippen LogP contribution in [0, 0.1) is 6.92 Å². The number of amides is 2. The van der Waals surface area contributed by atoms with E-state index in [-0.39, 0.29) is 18.0 Å². The molecule has 5 rings (SSSR count). The summed E-state index contributed by atoms with van der Waals surface area (Å²) in [6.45, 7) is 9.84. The number of carbonyl (C=O) groups excluding carboxylic acids is 2. The van der Waals surface area contributed by atoms with Crippen molar-refractivity contribution < 1.29 is 14.3 Å². The predicted octanol–water partition coefficient (Wildman–Crippen LogP) is 6.45. The Hall–Kier alpha value is -3.95. The molecule has 8 nitrogen and oxygen atoms in total. The third-order valence-electron chi connectivity index (χ3n) is 6.75. The molecule has 1 saturated heterocycles. The van der Waals surface area contributed by atoms with Gasteiger partial charge in [-0.3, -0.25) is 14.8 Å². The van der Waals surface area contributed by atoms with Crippen molar-refractivity contribution in [2.24, 2.45) is 0 Å². The molecule has 2 amide bonds. The van der Waals surface area contributed by atoms with Crippen LogP contribution < -0.4 is 10.6 Å². The number of anilines is 1. The van der Waals surface area contributed by atoms with Gasteiger partial charge in [-0.2, -0.15) is 5.10 Å². The van der Waals surface area contributed by atoms with Crippen molar-refractivity contribution in [3.8, 4) is 0 Å². The first-order valence-electron chi connectivity index (χ1n) is 13.5. The maximum Gasteiger partial charge on any atom is 0.407 e. The number of likely N-dealkylation sites (tertiary alicyclic amines) is 1. The molecule has 1 atom stereocenters. The SMILES string of the molecule is Cc1ccsc1C(=O)Nc1cc(CN2CCC(NC(=O)OC(C)(C)C)C2)ccc1C=Cc1n[nH]c2ccccc12. The lowest BCUT2D eigenvalue weighted by atomic mass is 10.1. The van der Waals surface area contributed by atoms with Gasteiger partial charge in [-0.1, -0.05) is 36.4 Å². The van der Waals surface area contributed by atoms with Gasteiger partial charge in [-0.15, -0.1) is 11.3 Å². The summed E-state index contributed by atoms with van der Waals surface area (Å²) >= 11 is 1.44. The van der Waals surface area contributed by atoms with Crippen LogP contribution in [0.25, 0.3) is 23.1 Å². The lowest BCUT2D eigenvalue weighted by Gasteiger charge is -2.22. The van der Waals surface area contributed by atoms with Crippen LogP contribution in [0.5, 0.6) is 0 Å². The van der Waals surface area contributed by atoms with Gasteiger partial charge in [-0.25, -0.2) is 4.79 Å². The van der Waals surface area contributed by atoms with Gasteiger partial charge in [0.15, 0.2) is 0 Å². The molecule has 1 fully saturated rings. The van der Waals surface area contributed by atoms with Crippen molar-refractivity contribution in [1.82, 2.24) is 20.4 Å². The monoisotopic (exact) mass is 557 g/mol. The maximum atomic E-state index is 13.2. The van der Waals surface area contributed by atoms with Crippen LogP contribution in [0.1, 0.15) is 59.2 Å². The number of carbonyl (C=O) groups is 2. The molecule has 1 aliphatic rings. The third kappa shape index (κ3) is 6.78. The van der Waals surface area contributed by atoms with Crippen LogP contribution in [0.3, 0.4) is 0 Å². The van der Waals surface area contributed by atoms with Crippen LogP contribution in [0.2, 0.25) is 0 Å². The fourth-order valence-electron chi connectivity index (χ4n) is 4.85. The van der Waals surface area contributed by atoms with E-state index >= 15 is 0 Å². The molecular weight excluding hydrogens is 522 g/mol. The second kappa shape index (κ2) is 11.7. The van der Waals surface area contributed by atoms with Crippen molar-refractivity contribution in [1.29, 1.82) is 0 Å². The molecule has 0 aliphatic carbocycles. The first-order valence-corrected chi connectivity index (χ1v) is 14.3. The van der Waals surface area contributed by atoms with Gasteiger partial charge in [0, 0.05) is 36.7 Å². The molecule has 9 heteroatoms. The minimum atomic E-state index is -0.523. The number of aromatic nitrogens is 2. The van der Waals surface area contributed by atoms with Crippen LogP contribution in [0.15, 0.2) is 53.9 Å². The van der Waals surface area contributed by atoms with E-state index < -0.39 is 5.60 Å². The summed E-state index contributed by atoms with van der Waals surface area (Å²) in [5, 5.41) is 16.6. The van der Waals surface area contributed by atoms with Gasteiger partial charge in [-0.05, 0) is 80.5 Å². The van der Waals surface area contributed by atoms with E-state index in [1.807, 2.05) is 87.7 Å². The number of rotatable bonds is 7. The molecule has 1 unspecified atom stereocenters. The number of nitrogens with zero attached hydrogens (tertiary/aromatic N) is 2. The van der Waals surface area contributed by atoms with Crippen LogP contribution in [-0.4, -0.2) is 51.8 Å². The highest BCUT2D eigenvalue weighted by atomic mass is 32.1. The number of hydrogen-bond acceptors (Lipinski definition) is 6. The summed E-state index contributed by atoms with van der Waals surface area (Å²) in [6, 6.07) is 16.1. The first-order chi connectivity index (χ1) is 19.1. The Morgan fingerprint density at radius 1 is 1.18 bits per heavy atom. The Kier molecular flexibility index (Phi) is 8.04. The normalized spacial score (nSPS) is 16.1. The molecule has 3 N–H and O–H groups in total. The highest BCUT2D eigenvalue weighted by molar-refractivity contribution is 7.12.